The van der Waals surface area contributed by atoms with Gasteiger partial charge in [-0.1, -0.05) is 24.3 Å². The van der Waals surface area contributed by atoms with Gasteiger partial charge in [0.1, 0.15) is 6.33 Å². The lowest BCUT2D eigenvalue weighted by Crippen LogP contribution is -2.43. The summed E-state index contributed by atoms with van der Waals surface area (Å²) in [4.78, 5) is 30.1. The van der Waals surface area contributed by atoms with E-state index < -0.39 is 0 Å². The van der Waals surface area contributed by atoms with Gasteiger partial charge in [-0.2, -0.15) is 4.98 Å². The number of aromatic amines is 1. The van der Waals surface area contributed by atoms with Crippen LogP contribution < -0.4 is 20.9 Å². The molecule has 1 fully saturated rings. The van der Waals surface area contributed by atoms with Crippen LogP contribution in [-0.4, -0.2) is 51.5 Å². The number of hydrogen-bond donors (Lipinski definition) is 4. The molecule has 0 radical (unpaired) electrons. The third-order valence-electron chi connectivity index (χ3n) is 6.28. The Hall–Kier alpha value is -3.98. The zero-order valence-electron chi connectivity index (χ0n) is 19.8. The molecule has 1 aliphatic heterocycles. The summed E-state index contributed by atoms with van der Waals surface area (Å²) in [5.74, 6) is 1.05. The highest BCUT2D eigenvalue weighted by molar-refractivity contribution is 5.89. The van der Waals surface area contributed by atoms with Crippen LogP contribution in [0, 0.1) is 0 Å². The lowest BCUT2D eigenvalue weighted by Gasteiger charge is -2.32. The van der Waals surface area contributed by atoms with Gasteiger partial charge in [-0.15, -0.1) is 0 Å². The fraction of sp³-hybridized carbons (Fsp3) is 0.308. The summed E-state index contributed by atoms with van der Waals surface area (Å²) in [6.45, 7) is 4.24. The number of para-hydroxylation sites is 1. The molecule has 0 bridgehead atoms. The van der Waals surface area contributed by atoms with E-state index in [0.29, 0.717) is 17.9 Å². The Morgan fingerprint density at radius 1 is 1.09 bits per heavy atom. The van der Waals surface area contributed by atoms with E-state index >= 15 is 0 Å². The number of fused-ring (bicyclic) bond motifs is 1. The fourth-order valence-electron chi connectivity index (χ4n) is 4.54. The highest BCUT2D eigenvalue weighted by Crippen LogP contribution is 2.21. The smallest absolute Gasteiger partial charge is 0.231 e. The van der Waals surface area contributed by atoms with E-state index in [9.17, 15) is 4.79 Å². The summed E-state index contributed by atoms with van der Waals surface area (Å²) >= 11 is 0. The van der Waals surface area contributed by atoms with Gasteiger partial charge in [0.25, 0.3) is 0 Å². The largest absolute Gasteiger partial charge is 0.361 e. The van der Waals surface area contributed by atoms with Gasteiger partial charge in [-0.25, -0.2) is 9.97 Å². The number of rotatable bonds is 8. The Kier molecular flexibility index (Phi) is 6.85. The Bertz CT molecular complexity index is 1300. The van der Waals surface area contributed by atoms with Gasteiger partial charge in [0.15, 0.2) is 0 Å². The molecule has 1 amide bonds. The number of hydrogen-bond acceptors (Lipinski definition) is 7. The number of aromatic nitrogens is 4. The summed E-state index contributed by atoms with van der Waals surface area (Å²) in [5.41, 5.74) is 4.07. The zero-order valence-corrected chi connectivity index (χ0v) is 19.8. The summed E-state index contributed by atoms with van der Waals surface area (Å²) in [6, 6.07) is 16.4. The van der Waals surface area contributed by atoms with Crippen molar-refractivity contribution in [3.63, 3.8) is 0 Å². The number of amides is 1. The van der Waals surface area contributed by atoms with Crippen LogP contribution in [0.15, 0.2) is 61.1 Å². The maximum Gasteiger partial charge on any atom is 0.231 e. The van der Waals surface area contributed by atoms with Gasteiger partial charge >= 0.3 is 0 Å². The monoisotopic (exact) mass is 470 g/mol. The molecule has 5 rings (SSSR count). The van der Waals surface area contributed by atoms with Gasteiger partial charge in [-0.3, -0.25) is 4.79 Å². The van der Waals surface area contributed by atoms with E-state index in [0.717, 1.165) is 50.3 Å². The first-order valence-corrected chi connectivity index (χ1v) is 12.0. The van der Waals surface area contributed by atoms with Gasteiger partial charge in [0.05, 0.1) is 0 Å². The van der Waals surface area contributed by atoms with Crippen molar-refractivity contribution in [1.82, 2.24) is 25.3 Å². The fourth-order valence-corrected chi connectivity index (χ4v) is 4.54. The Labute approximate surface area is 204 Å². The molecule has 180 valence electrons. The van der Waals surface area contributed by atoms with Crippen molar-refractivity contribution in [3.05, 3.63) is 66.6 Å². The number of carbonyl (C=O) groups is 1. The molecule has 0 atom stereocenters. The second-order valence-corrected chi connectivity index (χ2v) is 8.82. The molecule has 3 heterocycles. The summed E-state index contributed by atoms with van der Waals surface area (Å²) in [6.07, 6.45) is 6.75. The number of H-pyrrole nitrogens is 1. The average Bonchev–Trinajstić information content (AvgIpc) is 3.28. The highest BCUT2D eigenvalue weighted by Gasteiger charge is 2.21. The first kappa shape index (κ1) is 22.8. The second kappa shape index (κ2) is 10.5. The second-order valence-electron chi connectivity index (χ2n) is 8.82. The minimum absolute atomic E-state index is 0.111. The van der Waals surface area contributed by atoms with Crippen molar-refractivity contribution >= 4 is 40.1 Å². The van der Waals surface area contributed by atoms with E-state index in [1.807, 2.05) is 24.3 Å². The van der Waals surface area contributed by atoms with Crippen LogP contribution in [0.3, 0.4) is 0 Å². The summed E-state index contributed by atoms with van der Waals surface area (Å²) < 4.78 is 0. The van der Waals surface area contributed by atoms with Crippen molar-refractivity contribution in [2.75, 3.05) is 35.2 Å². The first-order valence-electron chi connectivity index (χ1n) is 12.0. The normalized spacial score (nSPS) is 14.3. The lowest BCUT2D eigenvalue weighted by molar-refractivity contribution is -0.114. The number of nitrogens with zero attached hydrogens (tertiary/aromatic N) is 4. The third-order valence-corrected chi connectivity index (χ3v) is 6.28. The molecule has 9 nitrogen and oxygen atoms in total. The van der Waals surface area contributed by atoms with Crippen LogP contribution in [0.1, 0.15) is 25.3 Å². The number of anilines is 4. The van der Waals surface area contributed by atoms with E-state index in [2.05, 4.69) is 71.2 Å². The highest BCUT2D eigenvalue weighted by atomic mass is 16.1. The Morgan fingerprint density at radius 2 is 1.91 bits per heavy atom. The maximum absolute atomic E-state index is 11.3. The van der Waals surface area contributed by atoms with E-state index in [-0.39, 0.29) is 5.91 Å². The molecule has 1 saturated heterocycles. The standard InChI is InChI=1S/C26H30N8O/c1-18(35)31-21-5-4-6-22(15-21)32-25-29-17-30-26(33-25)34-13-10-20(11-14-34)27-12-9-19-16-28-24-8-3-2-7-23(19)24/h2-8,15-17,20,27-28H,9-14H2,1H3,(H,31,35)(H,29,30,32,33). The topological polar surface area (TPSA) is 111 Å². The molecule has 0 saturated carbocycles. The van der Waals surface area contributed by atoms with Crippen LogP contribution in [-0.2, 0) is 11.2 Å². The predicted octanol–water partition coefficient (Wildman–Crippen LogP) is 3.86. The molecule has 9 heteroatoms. The predicted molar refractivity (Wildman–Crippen MR) is 139 cm³/mol. The average molecular weight is 471 g/mol. The third kappa shape index (κ3) is 5.75. The number of nitrogens with one attached hydrogen (secondary N) is 4. The minimum Gasteiger partial charge on any atom is -0.361 e. The zero-order chi connectivity index (χ0) is 24.0. The minimum atomic E-state index is -0.111. The quantitative estimate of drug-likeness (QED) is 0.309. The molecule has 1 aliphatic rings. The van der Waals surface area contributed by atoms with Crippen molar-refractivity contribution in [3.8, 4) is 0 Å². The van der Waals surface area contributed by atoms with Crippen LogP contribution in [0.4, 0.5) is 23.3 Å². The van der Waals surface area contributed by atoms with Gasteiger partial charge < -0.3 is 25.8 Å². The van der Waals surface area contributed by atoms with Gasteiger partial charge in [-0.05, 0) is 55.6 Å². The van der Waals surface area contributed by atoms with Crippen molar-refractivity contribution in [2.45, 2.75) is 32.2 Å². The maximum atomic E-state index is 11.3. The Balaban J connectivity index is 1.12. The van der Waals surface area contributed by atoms with E-state index in [1.165, 1.54) is 29.7 Å². The molecular formula is C26H30N8O. The SMILES string of the molecule is CC(=O)Nc1cccc(Nc2ncnc(N3CCC(NCCc4c[nH]c5ccccc45)CC3)n2)c1. The van der Waals surface area contributed by atoms with Crippen molar-refractivity contribution in [1.29, 1.82) is 0 Å². The van der Waals surface area contributed by atoms with Crippen LogP contribution in [0.25, 0.3) is 10.9 Å². The number of benzene rings is 2. The Morgan fingerprint density at radius 3 is 2.77 bits per heavy atom. The molecule has 2 aromatic heterocycles. The van der Waals surface area contributed by atoms with Gasteiger partial charge in [0.2, 0.25) is 17.8 Å². The molecule has 4 N–H and O–H groups in total. The van der Waals surface area contributed by atoms with Crippen molar-refractivity contribution < 1.29 is 4.79 Å². The lowest BCUT2D eigenvalue weighted by atomic mass is 10.0. The first-order chi connectivity index (χ1) is 17.1. The van der Waals surface area contributed by atoms with Crippen LogP contribution in [0.2, 0.25) is 0 Å². The van der Waals surface area contributed by atoms with Crippen molar-refractivity contribution in [2.24, 2.45) is 0 Å². The van der Waals surface area contributed by atoms with Crippen LogP contribution in [0.5, 0.6) is 0 Å². The molecule has 35 heavy (non-hydrogen) atoms. The molecule has 0 spiro atoms. The number of carbonyl (C=O) groups excluding carboxylic acids is 1. The van der Waals surface area contributed by atoms with Crippen LogP contribution >= 0.6 is 0 Å². The molecule has 2 aromatic carbocycles. The summed E-state index contributed by atoms with van der Waals surface area (Å²) in [7, 11) is 0. The molecule has 0 aliphatic carbocycles. The van der Waals surface area contributed by atoms with E-state index in [4.69, 9.17) is 0 Å². The van der Waals surface area contributed by atoms with Gasteiger partial charge in [0, 0.05) is 54.5 Å². The summed E-state index contributed by atoms with van der Waals surface area (Å²) in [5, 5.41) is 11.0. The molecule has 0 unspecified atom stereocenters. The molecular weight excluding hydrogens is 440 g/mol. The number of piperidine rings is 1. The van der Waals surface area contributed by atoms with E-state index in [1.54, 1.807) is 0 Å². The molecule has 4 aromatic rings.